The van der Waals surface area contributed by atoms with Gasteiger partial charge in [-0.25, -0.2) is 4.79 Å². The topological polar surface area (TPSA) is 138 Å². The summed E-state index contributed by atoms with van der Waals surface area (Å²) in [6.45, 7) is 1.51. The Morgan fingerprint density at radius 2 is 2.25 bits per heavy atom. The molecule has 0 aliphatic heterocycles. The van der Waals surface area contributed by atoms with Gasteiger partial charge in [-0.2, -0.15) is 4.37 Å². The SMILES string of the molecule is Cc1nsc(NC(=O)c2cc([N+](=O)[O-])c[nH]2)c1C(=O)O. The van der Waals surface area contributed by atoms with Gasteiger partial charge in [0.2, 0.25) is 0 Å². The number of nitrogens with one attached hydrogen (secondary N) is 2. The van der Waals surface area contributed by atoms with Crippen LogP contribution in [0.4, 0.5) is 10.7 Å². The number of H-pyrrole nitrogens is 1. The van der Waals surface area contributed by atoms with E-state index in [0.29, 0.717) is 0 Å². The van der Waals surface area contributed by atoms with Crippen molar-refractivity contribution >= 4 is 34.1 Å². The maximum Gasteiger partial charge on any atom is 0.340 e. The minimum absolute atomic E-state index is 0.0425. The molecular formula is C10H8N4O5S. The lowest BCUT2D eigenvalue weighted by Gasteiger charge is -2.01. The number of aromatic amines is 1. The van der Waals surface area contributed by atoms with Crippen LogP contribution in [0.25, 0.3) is 0 Å². The Kier molecular flexibility index (Phi) is 3.48. The molecule has 0 saturated heterocycles. The summed E-state index contributed by atoms with van der Waals surface area (Å²) >= 11 is 0.830. The highest BCUT2D eigenvalue weighted by molar-refractivity contribution is 7.11. The molecule has 0 aromatic carbocycles. The van der Waals surface area contributed by atoms with E-state index in [1.165, 1.54) is 6.92 Å². The Morgan fingerprint density at radius 1 is 1.55 bits per heavy atom. The zero-order valence-corrected chi connectivity index (χ0v) is 10.9. The summed E-state index contributed by atoms with van der Waals surface area (Å²) in [5.41, 5.74) is -0.104. The molecule has 20 heavy (non-hydrogen) atoms. The van der Waals surface area contributed by atoms with E-state index in [2.05, 4.69) is 14.7 Å². The molecule has 10 heteroatoms. The number of hydrogen-bond donors (Lipinski definition) is 3. The number of nitrogens with zero attached hydrogens (tertiary/aromatic N) is 2. The van der Waals surface area contributed by atoms with Gasteiger partial charge >= 0.3 is 5.97 Å². The van der Waals surface area contributed by atoms with Crippen LogP contribution in [0, 0.1) is 17.0 Å². The van der Waals surface area contributed by atoms with Crippen LogP contribution in [0.3, 0.4) is 0 Å². The Bertz CT molecular complexity index is 704. The number of rotatable bonds is 4. The first kappa shape index (κ1) is 13.7. The number of aromatic nitrogens is 2. The van der Waals surface area contributed by atoms with Gasteiger partial charge in [0.05, 0.1) is 16.8 Å². The summed E-state index contributed by atoms with van der Waals surface area (Å²) in [5, 5.41) is 22.0. The molecule has 1 amide bonds. The predicted octanol–water partition coefficient (Wildman–Crippen LogP) is 1.64. The van der Waals surface area contributed by atoms with E-state index in [9.17, 15) is 19.7 Å². The van der Waals surface area contributed by atoms with Crippen LogP contribution in [0.2, 0.25) is 0 Å². The first-order valence-electron chi connectivity index (χ1n) is 5.24. The zero-order chi connectivity index (χ0) is 14.9. The second kappa shape index (κ2) is 5.09. The van der Waals surface area contributed by atoms with Crippen molar-refractivity contribution in [1.29, 1.82) is 0 Å². The van der Waals surface area contributed by atoms with E-state index in [0.717, 1.165) is 23.8 Å². The normalized spacial score (nSPS) is 10.2. The monoisotopic (exact) mass is 296 g/mol. The van der Waals surface area contributed by atoms with Crippen molar-refractivity contribution in [3.05, 3.63) is 39.3 Å². The average molecular weight is 296 g/mol. The molecule has 2 aromatic heterocycles. The summed E-state index contributed by atoms with van der Waals surface area (Å²) in [4.78, 5) is 35.2. The lowest BCUT2D eigenvalue weighted by molar-refractivity contribution is -0.384. The Hall–Kier alpha value is -2.75. The maximum absolute atomic E-state index is 11.9. The number of carbonyl (C=O) groups excluding carboxylic acids is 1. The number of carboxylic acid groups (broad SMARTS) is 1. The Balaban J connectivity index is 2.23. The zero-order valence-electron chi connectivity index (χ0n) is 10.0. The summed E-state index contributed by atoms with van der Waals surface area (Å²) in [7, 11) is 0. The first-order valence-corrected chi connectivity index (χ1v) is 6.01. The number of carboxylic acids is 1. The van der Waals surface area contributed by atoms with Crippen LogP contribution < -0.4 is 5.32 Å². The minimum Gasteiger partial charge on any atom is -0.478 e. The standard InChI is InChI=1S/C10H8N4O5S/c1-4-7(10(16)17)9(20-13-4)12-8(15)6-2-5(3-11-6)14(18)19/h2-3,11H,1H3,(H,12,15)(H,16,17). The van der Waals surface area contributed by atoms with Crippen molar-refractivity contribution in [2.75, 3.05) is 5.32 Å². The lowest BCUT2D eigenvalue weighted by atomic mass is 10.2. The van der Waals surface area contributed by atoms with Gasteiger partial charge < -0.3 is 15.4 Å². The highest BCUT2D eigenvalue weighted by Gasteiger charge is 2.21. The molecule has 0 radical (unpaired) electrons. The van der Waals surface area contributed by atoms with Crippen molar-refractivity contribution in [2.24, 2.45) is 0 Å². The summed E-state index contributed by atoms with van der Waals surface area (Å²) < 4.78 is 3.85. The number of aryl methyl sites for hydroxylation is 1. The van der Waals surface area contributed by atoms with Crippen LogP contribution in [-0.2, 0) is 0 Å². The van der Waals surface area contributed by atoms with Crippen LogP contribution in [0.15, 0.2) is 12.3 Å². The van der Waals surface area contributed by atoms with Gasteiger partial charge in [-0.05, 0) is 18.5 Å². The molecule has 0 atom stereocenters. The van der Waals surface area contributed by atoms with E-state index < -0.39 is 16.8 Å². The third kappa shape index (κ3) is 2.49. The second-order valence-corrected chi connectivity index (χ2v) is 4.53. The molecule has 104 valence electrons. The fourth-order valence-electron chi connectivity index (χ4n) is 1.50. The van der Waals surface area contributed by atoms with E-state index in [1.54, 1.807) is 0 Å². The van der Waals surface area contributed by atoms with Crippen molar-refractivity contribution < 1.29 is 19.6 Å². The molecule has 2 heterocycles. The van der Waals surface area contributed by atoms with Crippen LogP contribution in [0.1, 0.15) is 26.5 Å². The Labute approximate surface area is 115 Å². The highest BCUT2D eigenvalue weighted by atomic mass is 32.1. The number of aromatic carboxylic acids is 1. The van der Waals surface area contributed by atoms with Gasteiger partial charge in [0.1, 0.15) is 16.3 Å². The van der Waals surface area contributed by atoms with E-state index in [-0.39, 0.29) is 27.6 Å². The van der Waals surface area contributed by atoms with Gasteiger partial charge in [0.25, 0.3) is 11.6 Å². The van der Waals surface area contributed by atoms with Crippen LogP contribution in [0.5, 0.6) is 0 Å². The van der Waals surface area contributed by atoms with Gasteiger partial charge in [-0.15, -0.1) is 0 Å². The predicted molar refractivity (Wildman–Crippen MR) is 69.2 cm³/mol. The largest absolute Gasteiger partial charge is 0.478 e. The third-order valence-electron chi connectivity index (χ3n) is 2.43. The molecule has 0 saturated carbocycles. The first-order chi connectivity index (χ1) is 9.40. The van der Waals surface area contributed by atoms with Gasteiger partial charge in [-0.1, -0.05) is 0 Å². The smallest absolute Gasteiger partial charge is 0.340 e. The van der Waals surface area contributed by atoms with Crippen molar-refractivity contribution in [2.45, 2.75) is 6.92 Å². The lowest BCUT2D eigenvalue weighted by Crippen LogP contribution is -2.13. The van der Waals surface area contributed by atoms with Crippen LogP contribution >= 0.6 is 11.5 Å². The van der Waals surface area contributed by atoms with Gasteiger partial charge in [0, 0.05) is 6.07 Å². The molecule has 0 aliphatic rings. The van der Waals surface area contributed by atoms with Gasteiger partial charge in [0.15, 0.2) is 0 Å². The third-order valence-corrected chi connectivity index (χ3v) is 3.28. The van der Waals surface area contributed by atoms with Crippen molar-refractivity contribution in [3.8, 4) is 0 Å². The fraction of sp³-hybridized carbons (Fsp3) is 0.100. The Morgan fingerprint density at radius 3 is 2.80 bits per heavy atom. The molecule has 0 aliphatic carbocycles. The molecule has 2 rings (SSSR count). The molecule has 0 bridgehead atoms. The minimum atomic E-state index is -1.20. The van der Waals surface area contributed by atoms with E-state index in [4.69, 9.17) is 5.11 Å². The molecule has 0 fully saturated rings. The van der Waals surface area contributed by atoms with E-state index >= 15 is 0 Å². The molecule has 0 spiro atoms. The molecular weight excluding hydrogens is 288 g/mol. The fourth-order valence-corrected chi connectivity index (χ4v) is 2.28. The second-order valence-electron chi connectivity index (χ2n) is 3.76. The number of hydrogen-bond acceptors (Lipinski definition) is 6. The summed E-state index contributed by atoms with van der Waals surface area (Å²) in [6.07, 6.45) is 1.07. The maximum atomic E-state index is 11.9. The van der Waals surface area contributed by atoms with Gasteiger partial charge in [-0.3, -0.25) is 14.9 Å². The highest BCUT2D eigenvalue weighted by Crippen LogP contribution is 2.25. The van der Waals surface area contributed by atoms with Crippen LogP contribution in [-0.4, -0.2) is 31.3 Å². The number of carbonyl (C=O) groups is 2. The van der Waals surface area contributed by atoms with Crippen molar-refractivity contribution in [3.63, 3.8) is 0 Å². The van der Waals surface area contributed by atoms with E-state index in [1.807, 2.05) is 0 Å². The molecule has 2 aromatic rings. The van der Waals surface area contributed by atoms with Crippen molar-refractivity contribution in [1.82, 2.24) is 9.36 Å². The molecule has 0 unspecified atom stereocenters. The summed E-state index contributed by atoms with van der Waals surface area (Å²) in [6, 6.07) is 1.06. The summed E-state index contributed by atoms with van der Waals surface area (Å²) in [5.74, 6) is -1.88. The number of nitro groups is 1. The quantitative estimate of drug-likeness (QED) is 0.579. The average Bonchev–Trinajstić information content (AvgIpc) is 2.96. The molecule has 9 nitrogen and oxygen atoms in total. The number of amides is 1. The molecule has 3 N–H and O–H groups in total. The number of anilines is 1.